The Bertz CT molecular complexity index is 278. The highest BCUT2D eigenvalue weighted by Crippen LogP contribution is 2.15. The summed E-state index contributed by atoms with van der Waals surface area (Å²) in [6.45, 7) is 5.55. The second kappa shape index (κ2) is 14.0. The first-order chi connectivity index (χ1) is 10.1. The largest absolute Gasteiger partial charge is 0.383 e. The smallest absolute Gasteiger partial charge is 0.134 e. The third-order valence-corrected chi connectivity index (χ3v) is 5.39. The van der Waals surface area contributed by atoms with Gasteiger partial charge in [-0.2, -0.15) is 0 Å². The standard InChI is InChI=1S/C13H26N2O2S4/c1-5-10(7-16-3)14-12(18)20-9-21-13(19)15-11(6-2)8-17-4/h10-11H,5-9H2,1-4H3,(H,14,18)(H,15,19). The van der Waals surface area contributed by atoms with Gasteiger partial charge in [-0.1, -0.05) is 61.8 Å². The minimum atomic E-state index is 0.274. The van der Waals surface area contributed by atoms with E-state index >= 15 is 0 Å². The summed E-state index contributed by atoms with van der Waals surface area (Å²) in [4.78, 5) is 0. The maximum Gasteiger partial charge on any atom is 0.134 e. The third-order valence-electron chi connectivity index (χ3n) is 2.75. The lowest BCUT2D eigenvalue weighted by Crippen LogP contribution is -2.36. The highest BCUT2D eigenvalue weighted by atomic mass is 32.2. The van der Waals surface area contributed by atoms with E-state index in [1.54, 1.807) is 37.7 Å². The summed E-state index contributed by atoms with van der Waals surface area (Å²) in [5.41, 5.74) is 0. The van der Waals surface area contributed by atoms with Gasteiger partial charge in [-0.05, 0) is 12.8 Å². The number of hydrogen-bond acceptors (Lipinski definition) is 6. The molecule has 0 radical (unpaired) electrons. The number of rotatable bonds is 10. The fourth-order valence-corrected chi connectivity index (χ4v) is 4.27. The first kappa shape index (κ1) is 21.4. The molecule has 0 fully saturated rings. The molecule has 0 aliphatic heterocycles. The average molecular weight is 371 g/mol. The fourth-order valence-electron chi connectivity index (χ4n) is 1.48. The summed E-state index contributed by atoms with van der Waals surface area (Å²) in [5, 5.41) is 7.37. The maximum absolute atomic E-state index is 5.31. The molecule has 0 aromatic heterocycles. The maximum atomic E-state index is 5.31. The van der Waals surface area contributed by atoms with Crippen LogP contribution in [0.2, 0.25) is 0 Å². The van der Waals surface area contributed by atoms with Crippen molar-refractivity contribution in [3.8, 4) is 0 Å². The molecule has 0 saturated heterocycles. The monoisotopic (exact) mass is 370 g/mol. The van der Waals surface area contributed by atoms with E-state index in [2.05, 4.69) is 24.5 Å². The normalized spacial score (nSPS) is 13.5. The zero-order valence-corrected chi connectivity index (χ0v) is 16.4. The van der Waals surface area contributed by atoms with E-state index in [4.69, 9.17) is 33.9 Å². The summed E-state index contributed by atoms with van der Waals surface area (Å²) in [7, 11) is 3.40. The van der Waals surface area contributed by atoms with Crippen LogP contribution in [0.15, 0.2) is 0 Å². The Hall–Kier alpha value is 0.400. The van der Waals surface area contributed by atoms with Crippen molar-refractivity contribution in [2.24, 2.45) is 0 Å². The quantitative estimate of drug-likeness (QED) is 0.449. The number of hydrogen-bond donors (Lipinski definition) is 2. The molecule has 2 unspecified atom stereocenters. The van der Waals surface area contributed by atoms with E-state index in [0.717, 1.165) is 26.6 Å². The van der Waals surface area contributed by atoms with Crippen molar-refractivity contribution >= 4 is 56.6 Å². The van der Waals surface area contributed by atoms with Crippen molar-refractivity contribution in [3.63, 3.8) is 0 Å². The predicted octanol–water partition coefficient (Wildman–Crippen LogP) is 3.01. The SMILES string of the molecule is CCC(COC)NC(=S)SCSC(=S)NC(CC)COC. The Morgan fingerprint density at radius 1 is 0.905 bits per heavy atom. The summed E-state index contributed by atoms with van der Waals surface area (Å²) >= 11 is 13.8. The molecule has 2 N–H and O–H groups in total. The summed E-state index contributed by atoms with van der Waals surface area (Å²) in [5.74, 6) is 0. The van der Waals surface area contributed by atoms with Crippen LogP contribution in [0.4, 0.5) is 0 Å². The predicted molar refractivity (Wildman–Crippen MR) is 103 cm³/mol. The lowest BCUT2D eigenvalue weighted by molar-refractivity contribution is 0.172. The first-order valence-electron chi connectivity index (χ1n) is 6.91. The number of methoxy groups -OCH3 is 2. The van der Waals surface area contributed by atoms with Crippen LogP contribution in [0.1, 0.15) is 26.7 Å². The van der Waals surface area contributed by atoms with Gasteiger partial charge in [0.1, 0.15) is 8.64 Å². The van der Waals surface area contributed by atoms with Gasteiger partial charge in [0.15, 0.2) is 0 Å². The van der Waals surface area contributed by atoms with Gasteiger partial charge in [0, 0.05) is 14.2 Å². The van der Waals surface area contributed by atoms with E-state index in [1.807, 2.05) is 0 Å². The lowest BCUT2D eigenvalue weighted by Gasteiger charge is -2.18. The molecule has 0 heterocycles. The Balaban J connectivity index is 3.86. The molecule has 0 aliphatic carbocycles. The van der Waals surface area contributed by atoms with Crippen LogP contribution in [0.5, 0.6) is 0 Å². The van der Waals surface area contributed by atoms with E-state index in [0.29, 0.717) is 13.2 Å². The summed E-state index contributed by atoms with van der Waals surface area (Å²) < 4.78 is 11.9. The van der Waals surface area contributed by atoms with Gasteiger partial charge >= 0.3 is 0 Å². The second-order valence-corrected chi connectivity index (χ2v) is 8.06. The van der Waals surface area contributed by atoms with Crippen LogP contribution in [-0.2, 0) is 9.47 Å². The molecular weight excluding hydrogens is 344 g/mol. The van der Waals surface area contributed by atoms with Gasteiger partial charge in [-0.15, -0.1) is 0 Å². The topological polar surface area (TPSA) is 42.5 Å². The molecule has 2 atom stereocenters. The number of thioether (sulfide) groups is 2. The minimum absolute atomic E-state index is 0.274. The molecule has 0 amide bonds. The highest BCUT2D eigenvalue weighted by molar-refractivity contribution is 8.35. The van der Waals surface area contributed by atoms with Crippen LogP contribution in [0.25, 0.3) is 0 Å². The summed E-state index contributed by atoms with van der Waals surface area (Å²) in [6, 6.07) is 0.549. The van der Waals surface area contributed by atoms with E-state index in [-0.39, 0.29) is 12.1 Å². The van der Waals surface area contributed by atoms with Gasteiger partial charge in [0.25, 0.3) is 0 Å². The Kier molecular flexibility index (Phi) is 14.3. The lowest BCUT2D eigenvalue weighted by atomic mass is 10.2. The van der Waals surface area contributed by atoms with Crippen LogP contribution < -0.4 is 10.6 Å². The Morgan fingerprint density at radius 3 is 1.57 bits per heavy atom. The highest BCUT2D eigenvalue weighted by Gasteiger charge is 2.10. The molecule has 0 aromatic carbocycles. The van der Waals surface area contributed by atoms with E-state index < -0.39 is 0 Å². The van der Waals surface area contributed by atoms with Crippen molar-refractivity contribution < 1.29 is 9.47 Å². The van der Waals surface area contributed by atoms with E-state index in [9.17, 15) is 0 Å². The van der Waals surface area contributed by atoms with Gasteiger partial charge in [0.2, 0.25) is 0 Å². The van der Waals surface area contributed by atoms with Crippen molar-refractivity contribution in [1.82, 2.24) is 10.6 Å². The second-order valence-electron chi connectivity index (χ2n) is 4.39. The molecule has 4 nitrogen and oxygen atoms in total. The molecule has 0 saturated carbocycles. The van der Waals surface area contributed by atoms with Crippen molar-refractivity contribution in [1.29, 1.82) is 0 Å². The Labute approximate surface area is 147 Å². The van der Waals surface area contributed by atoms with Crippen LogP contribution in [-0.4, -0.2) is 53.2 Å². The van der Waals surface area contributed by atoms with Crippen LogP contribution in [0, 0.1) is 0 Å². The zero-order chi connectivity index (χ0) is 16.1. The van der Waals surface area contributed by atoms with Crippen molar-refractivity contribution in [2.75, 3.05) is 32.5 Å². The number of ether oxygens (including phenoxy) is 2. The van der Waals surface area contributed by atoms with Crippen molar-refractivity contribution in [3.05, 3.63) is 0 Å². The van der Waals surface area contributed by atoms with Gasteiger partial charge in [-0.3, -0.25) is 0 Å². The molecule has 0 bridgehead atoms. The molecule has 124 valence electrons. The molecule has 21 heavy (non-hydrogen) atoms. The molecule has 0 aromatic rings. The van der Waals surface area contributed by atoms with Crippen molar-refractivity contribution in [2.45, 2.75) is 38.8 Å². The first-order valence-corrected chi connectivity index (χ1v) is 9.70. The molecular formula is C13H26N2O2S4. The Morgan fingerprint density at radius 2 is 1.29 bits per heavy atom. The average Bonchev–Trinajstić information content (AvgIpc) is 2.46. The van der Waals surface area contributed by atoms with Gasteiger partial charge in [-0.25, -0.2) is 0 Å². The molecule has 0 spiro atoms. The number of nitrogens with one attached hydrogen (secondary N) is 2. The zero-order valence-electron chi connectivity index (χ0n) is 13.1. The fraction of sp³-hybridized carbons (Fsp3) is 0.846. The molecule has 8 heteroatoms. The van der Waals surface area contributed by atoms with E-state index in [1.165, 1.54) is 0 Å². The van der Waals surface area contributed by atoms with Crippen LogP contribution >= 0.6 is 48.0 Å². The minimum Gasteiger partial charge on any atom is -0.383 e. The summed E-state index contributed by atoms with van der Waals surface area (Å²) in [6.07, 6.45) is 1.97. The van der Waals surface area contributed by atoms with Gasteiger partial charge in [0.05, 0.1) is 30.4 Å². The van der Waals surface area contributed by atoms with Crippen LogP contribution in [0.3, 0.4) is 0 Å². The van der Waals surface area contributed by atoms with Gasteiger partial charge < -0.3 is 20.1 Å². The molecule has 0 aliphatic rings. The third kappa shape index (κ3) is 11.6. The number of thiocarbonyl (C=S) groups is 2. The molecule has 0 rings (SSSR count).